The lowest BCUT2D eigenvalue weighted by molar-refractivity contribution is 0.412. The second-order valence-electron chi connectivity index (χ2n) is 3.92. The van der Waals surface area contributed by atoms with E-state index < -0.39 is 0 Å². The Labute approximate surface area is 128 Å². The van der Waals surface area contributed by atoms with Crippen LogP contribution >= 0.6 is 43.2 Å². The van der Waals surface area contributed by atoms with Crippen LogP contribution in [0.1, 0.15) is 27.8 Å². The molecule has 0 N–H and O–H groups in total. The van der Waals surface area contributed by atoms with E-state index in [1.165, 1.54) is 16.0 Å². The van der Waals surface area contributed by atoms with Crippen LogP contribution in [0.3, 0.4) is 0 Å². The lowest BCUT2D eigenvalue weighted by atomic mass is 10.1. The standard InChI is InChI=1S/C14H14Br2OS/c1-3-9-6-7-18-14(9)13(16)10-4-5-12(17-2)11(15)8-10/h4-8,13H,3H2,1-2H3. The Morgan fingerprint density at radius 3 is 2.72 bits per heavy atom. The lowest BCUT2D eigenvalue weighted by Crippen LogP contribution is -1.94. The zero-order chi connectivity index (χ0) is 13.1. The molecule has 0 fully saturated rings. The summed E-state index contributed by atoms with van der Waals surface area (Å²) in [5.74, 6) is 0.861. The van der Waals surface area contributed by atoms with Crippen LogP contribution in [0.25, 0.3) is 0 Å². The molecule has 1 aromatic heterocycles. The summed E-state index contributed by atoms with van der Waals surface area (Å²) in [7, 11) is 1.68. The van der Waals surface area contributed by atoms with Gasteiger partial charge in [-0.2, -0.15) is 0 Å². The third kappa shape index (κ3) is 2.81. The molecular weight excluding hydrogens is 376 g/mol. The largest absolute Gasteiger partial charge is 0.496 e. The minimum atomic E-state index is 0.245. The van der Waals surface area contributed by atoms with Crippen molar-refractivity contribution in [1.29, 1.82) is 0 Å². The van der Waals surface area contributed by atoms with Crippen molar-refractivity contribution in [3.05, 3.63) is 50.1 Å². The predicted octanol–water partition coefficient (Wildman–Crippen LogP) is 5.57. The molecule has 0 bridgehead atoms. The van der Waals surface area contributed by atoms with Gasteiger partial charge in [-0.05, 0) is 57.1 Å². The summed E-state index contributed by atoms with van der Waals surface area (Å²) >= 11 is 9.13. The number of methoxy groups -OCH3 is 1. The second kappa shape index (κ2) is 6.22. The number of ether oxygens (including phenoxy) is 1. The number of hydrogen-bond acceptors (Lipinski definition) is 2. The molecule has 0 radical (unpaired) electrons. The highest BCUT2D eigenvalue weighted by atomic mass is 79.9. The summed E-state index contributed by atoms with van der Waals surface area (Å²) in [6.07, 6.45) is 1.07. The van der Waals surface area contributed by atoms with E-state index in [1.54, 1.807) is 18.4 Å². The van der Waals surface area contributed by atoms with Crippen LogP contribution in [-0.4, -0.2) is 7.11 Å². The SMILES string of the molecule is CCc1ccsc1C(Br)c1ccc(OC)c(Br)c1. The number of rotatable bonds is 4. The molecule has 0 spiro atoms. The zero-order valence-corrected chi connectivity index (χ0v) is 14.2. The molecule has 0 aliphatic rings. The molecule has 2 rings (SSSR count). The van der Waals surface area contributed by atoms with Gasteiger partial charge in [0.1, 0.15) is 5.75 Å². The smallest absolute Gasteiger partial charge is 0.133 e. The molecule has 0 aliphatic heterocycles. The molecule has 4 heteroatoms. The lowest BCUT2D eigenvalue weighted by Gasteiger charge is -2.12. The molecule has 1 nitrogen and oxygen atoms in total. The highest BCUT2D eigenvalue weighted by Crippen LogP contribution is 2.39. The van der Waals surface area contributed by atoms with Gasteiger partial charge in [-0.3, -0.25) is 0 Å². The van der Waals surface area contributed by atoms with Crippen molar-refractivity contribution in [2.45, 2.75) is 18.2 Å². The minimum Gasteiger partial charge on any atom is -0.496 e. The first-order valence-corrected chi connectivity index (χ1v) is 8.30. The average Bonchev–Trinajstić information content (AvgIpc) is 2.86. The fraction of sp³-hybridized carbons (Fsp3) is 0.286. The summed E-state index contributed by atoms with van der Waals surface area (Å²) in [5, 5.41) is 2.15. The number of benzene rings is 1. The van der Waals surface area contributed by atoms with Gasteiger partial charge < -0.3 is 4.74 Å². The molecule has 1 aromatic carbocycles. The van der Waals surface area contributed by atoms with Crippen LogP contribution in [0.2, 0.25) is 0 Å². The molecule has 0 saturated heterocycles. The van der Waals surface area contributed by atoms with E-state index in [0.29, 0.717) is 0 Å². The molecule has 0 amide bonds. The Balaban J connectivity index is 2.34. The van der Waals surface area contributed by atoms with Crippen molar-refractivity contribution in [3.63, 3.8) is 0 Å². The molecule has 18 heavy (non-hydrogen) atoms. The van der Waals surface area contributed by atoms with E-state index in [9.17, 15) is 0 Å². The Hall–Kier alpha value is -0.320. The van der Waals surface area contributed by atoms with Crippen LogP contribution in [-0.2, 0) is 6.42 Å². The van der Waals surface area contributed by atoms with Crippen molar-refractivity contribution in [2.24, 2.45) is 0 Å². The van der Waals surface area contributed by atoms with E-state index in [4.69, 9.17) is 4.74 Å². The van der Waals surface area contributed by atoms with Crippen molar-refractivity contribution < 1.29 is 4.74 Å². The van der Waals surface area contributed by atoms with Gasteiger partial charge in [-0.15, -0.1) is 11.3 Å². The minimum absolute atomic E-state index is 0.245. The van der Waals surface area contributed by atoms with Gasteiger partial charge in [-0.1, -0.05) is 28.9 Å². The monoisotopic (exact) mass is 388 g/mol. The Morgan fingerprint density at radius 1 is 1.33 bits per heavy atom. The summed E-state index contributed by atoms with van der Waals surface area (Å²) in [6.45, 7) is 2.19. The van der Waals surface area contributed by atoms with E-state index in [0.717, 1.165) is 16.6 Å². The molecule has 96 valence electrons. The third-order valence-corrected chi connectivity index (χ3v) is 5.79. The first-order valence-electron chi connectivity index (χ1n) is 5.71. The van der Waals surface area contributed by atoms with Gasteiger partial charge in [0.2, 0.25) is 0 Å². The predicted molar refractivity (Wildman–Crippen MR) is 85.2 cm³/mol. The summed E-state index contributed by atoms with van der Waals surface area (Å²) < 4.78 is 6.24. The Morgan fingerprint density at radius 2 is 2.11 bits per heavy atom. The first kappa shape index (κ1) is 14.1. The van der Waals surface area contributed by atoms with Crippen molar-refractivity contribution >= 4 is 43.2 Å². The molecule has 1 atom stereocenters. The van der Waals surface area contributed by atoms with Crippen LogP contribution in [0.15, 0.2) is 34.1 Å². The summed E-state index contributed by atoms with van der Waals surface area (Å²) in [5.41, 5.74) is 2.65. The van der Waals surface area contributed by atoms with Crippen molar-refractivity contribution in [1.82, 2.24) is 0 Å². The van der Waals surface area contributed by atoms with Gasteiger partial charge in [0.25, 0.3) is 0 Å². The third-order valence-electron chi connectivity index (χ3n) is 2.86. The van der Waals surface area contributed by atoms with E-state index in [1.807, 2.05) is 6.07 Å². The first-order chi connectivity index (χ1) is 8.67. The Kier molecular flexibility index (Phi) is 4.87. The molecule has 2 aromatic rings. The van der Waals surface area contributed by atoms with E-state index in [-0.39, 0.29) is 4.83 Å². The van der Waals surface area contributed by atoms with Crippen LogP contribution < -0.4 is 4.74 Å². The number of halogens is 2. The summed E-state index contributed by atoms with van der Waals surface area (Å²) in [6, 6.07) is 8.40. The highest BCUT2D eigenvalue weighted by Gasteiger charge is 2.16. The second-order valence-corrected chi connectivity index (χ2v) is 6.64. The normalized spacial score (nSPS) is 12.4. The quantitative estimate of drug-likeness (QED) is 0.621. The molecule has 1 unspecified atom stereocenters. The topological polar surface area (TPSA) is 9.23 Å². The Bertz CT molecular complexity index is 536. The molecular formula is C14H14Br2OS. The van der Waals surface area contributed by atoms with Crippen LogP contribution in [0.5, 0.6) is 5.75 Å². The molecule has 0 saturated carbocycles. The van der Waals surface area contributed by atoms with Gasteiger partial charge in [0, 0.05) is 4.88 Å². The molecule has 1 heterocycles. The maximum atomic E-state index is 5.26. The maximum Gasteiger partial charge on any atom is 0.133 e. The van der Waals surface area contributed by atoms with Crippen molar-refractivity contribution in [3.8, 4) is 5.75 Å². The van der Waals surface area contributed by atoms with Crippen molar-refractivity contribution in [2.75, 3.05) is 7.11 Å². The van der Waals surface area contributed by atoms with E-state index >= 15 is 0 Å². The number of hydrogen-bond donors (Lipinski definition) is 0. The summed E-state index contributed by atoms with van der Waals surface area (Å²) in [4.78, 5) is 1.63. The number of thiophene rings is 1. The van der Waals surface area contributed by atoms with Gasteiger partial charge in [0.05, 0.1) is 16.4 Å². The fourth-order valence-electron chi connectivity index (χ4n) is 1.85. The maximum absolute atomic E-state index is 5.26. The zero-order valence-electron chi connectivity index (χ0n) is 10.2. The number of alkyl halides is 1. The average molecular weight is 390 g/mol. The molecule has 0 aliphatic carbocycles. The van der Waals surface area contributed by atoms with Crippen LogP contribution in [0, 0.1) is 0 Å². The number of aryl methyl sites for hydroxylation is 1. The van der Waals surface area contributed by atoms with Gasteiger partial charge in [0.15, 0.2) is 0 Å². The highest BCUT2D eigenvalue weighted by molar-refractivity contribution is 9.10. The van der Waals surface area contributed by atoms with Crippen LogP contribution in [0.4, 0.5) is 0 Å². The fourth-order valence-corrected chi connectivity index (χ4v) is 4.31. The van der Waals surface area contributed by atoms with E-state index in [2.05, 4.69) is 62.4 Å². The van der Waals surface area contributed by atoms with Gasteiger partial charge in [-0.25, -0.2) is 0 Å². The van der Waals surface area contributed by atoms with Gasteiger partial charge >= 0.3 is 0 Å².